The first-order valence-corrected chi connectivity index (χ1v) is 10.1. The van der Waals surface area contributed by atoms with Crippen LogP contribution in [0.2, 0.25) is 0 Å². The van der Waals surface area contributed by atoms with Gasteiger partial charge in [0.2, 0.25) is 0 Å². The van der Waals surface area contributed by atoms with Gasteiger partial charge in [-0.2, -0.15) is 10.2 Å². The number of rotatable bonds is 4. The number of carbonyl (C=O) groups excluding carboxylic acids is 1. The number of aromatic nitrogens is 2. The highest BCUT2D eigenvalue weighted by Crippen LogP contribution is 2.27. The van der Waals surface area contributed by atoms with E-state index in [2.05, 4.69) is 63.2 Å². The Morgan fingerprint density at radius 2 is 1.58 bits per heavy atom. The number of amides is 1. The van der Waals surface area contributed by atoms with Crippen LogP contribution in [0.25, 0.3) is 32.8 Å². The van der Waals surface area contributed by atoms with Gasteiger partial charge in [0.25, 0.3) is 5.91 Å². The summed E-state index contributed by atoms with van der Waals surface area (Å²) in [6.07, 6.45) is 0. The molecule has 0 fully saturated rings. The molecule has 150 valence electrons. The SMILES string of the molecule is C/C(=N/NC(=O)c1cc(-c2cccc3ccccc23)n[nH]1)c1ccc2ccccc2c1. The minimum atomic E-state index is -0.334. The summed E-state index contributed by atoms with van der Waals surface area (Å²) >= 11 is 0. The molecule has 2 N–H and O–H groups in total. The van der Waals surface area contributed by atoms with Gasteiger partial charge in [-0.3, -0.25) is 9.89 Å². The Morgan fingerprint density at radius 1 is 0.839 bits per heavy atom. The maximum absolute atomic E-state index is 12.6. The number of carbonyl (C=O) groups is 1. The number of hydrogen-bond acceptors (Lipinski definition) is 3. The standard InChI is InChI=1S/C26H20N4O/c1-17(20-14-13-18-7-2-3-9-21(18)15-20)27-30-26(31)25-16-24(28-29-25)23-12-6-10-19-8-4-5-11-22(19)23/h2-16H,1H3,(H,28,29)(H,30,31)/b27-17-. The van der Waals surface area contributed by atoms with Gasteiger partial charge in [0.15, 0.2) is 0 Å². The number of fused-ring (bicyclic) bond motifs is 2. The van der Waals surface area contributed by atoms with Crippen LogP contribution in [0.1, 0.15) is 23.0 Å². The highest BCUT2D eigenvalue weighted by atomic mass is 16.2. The van der Waals surface area contributed by atoms with Crippen LogP contribution >= 0.6 is 0 Å². The van der Waals surface area contributed by atoms with E-state index in [1.165, 1.54) is 5.39 Å². The zero-order chi connectivity index (χ0) is 21.2. The molecule has 1 amide bonds. The Kier molecular flexibility index (Phi) is 4.77. The minimum Gasteiger partial charge on any atom is -0.272 e. The Bertz CT molecular complexity index is 1440. The van der Waals surface area contributed by atoms with Crippen molar-refractivity contribution in [3.8, 4) is 11.3 Å². The van der Waals surface area contributed by atoms with Crippen LogP contribution in [0, 0.1) is 0 Å². The van der Waals surface area contributed by atoms with Crippen LogP contribution in [0.3, 0.4) is 0 Å². The van der Waals surface area contributed by atoms with Crippen molar-refractivity contribution < 1.29 is 4.79 Å². The molecule has 5 nitrogen and oxygen atoms in total. The molecule has 1 aromatic heterocycles. The Balaban J connectivity index is 1.36. The highest BCUT2D eigenvalue weighted by molar-refractivity contribution is 6.03. The number of hydrazone groups is 1. The average Bonchev–Trinajstić information content (AvgIpc) is 3.32. The summed E-state index contributed by atoms with van der Waals surface area (Å²) in [6, 6.07) is 30.2. The molecule has 5 rings (SSSR count). The van der Waals surface area contributed by atoms with Crippen LogP contribution in [0.4, 0.5) is 0 Å². The fraction of sp³-hybridized carbons (Fsp3) is 0.0385. The summed E-state index contributed by atoms with van der Waals surface area (Å²) < 4.78 is 0. The van der Waals surface area contributed by atoms with Gasteiger partial charge in [-0.15, -0.1) is 0 Å². The lowest BCUT2D eigenvalue weighted by Gasteiger charge is -2.04. The first-order valence-electron chi connectivity index (χ1n) is 10.1. The van der Waals surface area contributed by atoms with Gasteiger partial charge in [-0.05, 0) is 46.2 Å². The summed E-state index contributed by atoms with van der Waals surface area (Å²) in [7, 11) is 0. The molecule has 0 aliphatic heterocycles. The molecule has 0 bridgehead atoms. The molecule has 0 atom stereocenters. The van der Waals surface area contributed by atoms with Crippen LogP contribution in [-0.2, 0) is 0 Å². The molecule has 5 heteroatoms. The third-order valence-electron chi connectivity index (χ3n) is 5.38. The quantitative estimate of drug-likeness (QED) is 0.305. The maximum Gasteiger partial charge on any atom is 0.289 e. The zero-order valence-electron chi connectivity index (χ0n) is 17.0. The van der Waals surface area contributed by atoms with E-state index in [0.29, 0.717) is 5.69 Å². The van der Waals surface area contributed by atoms with Crippen molar-refractivity contribution in [1.29, 1.82) is 0 Å². The largest absolute Gasteiger partial charge is 0.289 e. The van der Waals surface area contributed by atoms with E-state index in [4.69, 9.17) is 0 Å². The van der Waals surface area contributed by atoms with E-state index >= 15 is 0 Å². The van der Waals surface area contributed by atoms with Crippen molar-refractivity contribution >= 4 is 33.2 Å². The van der Waals surface area contributed by atoms with Gasteiger partial charge < -0.3 is 0 Å². The van der Waals surface area contributed by atoms with Crippen molar-refractivity contribution in [3.05, 3.63) is 102 Å². The predicted octanol–water partition coefficient (Wildman–Crippen LogP) is 5.54. The van der Waals surface area contributed by atoms with Gasteiger partial charge in [0, 0.05) is 5.56 Å². The van der Waals surface area contributed by atoms with E-state index in [-0.39, 0.29) is 5.91 Å². The molecule has 0 aliphatic carbocycles. The fourth-order valence-electron chi connectivity index (χ4n) is 3.70. The number of hydrogen-bond donors (Lipinski definition) is 2. The minimum absolute atomic E-state index is 0.334. The van der Waals surface area contributed by atoms with Crippen molar-refractivity contribution in [2.75, 3.05) is 0 Å². The molecular weight excluding hydrogens is 384 g/mol. The molecule has 0 unspecified atom stereocenters. The lowest BCUT2D eigenvalue weighted by Crippen LogP contribution is -2.19. The van der Waals surface area contributed by atoms with Crippen molar-refractivity contribution in [2.45, 2.75) is 6.92 Å². The van der Waals surface area contributed by atoms with Gasteiger partial charge >= 0.3 is 0 Å². The number of aromatic amines is 1. The summed E-state index contributed by atoms with van der Waals surface area (Å²) in [5.41, 5.74) is 6.37. The third kappa shape index (κ3) is 3.69. The second-order valence-electron chi connectivity index (χ2n) is 7.39. The van der Waals surface area contributed by atoms with Crippen LogP contribution < -0.4 is 5.43 Å². The normalized spacial score (nSPS) is 11.7. The van der Waals surface area contributed by atoms with Gasteiger partial charge in [-0.1, -0.05) is 78.9 Å². The molecule has 5 aromatic rings. The first-order chi connectivity index (χ1) is 15.2. The monoisotopic (exact) mass is 404 g/mol. The molecule has 31 heavy (non-hydrogen) atoms. The van der Waals surface area contributed by atoms with Gasteiger partial charge in [0.05, 0.1) is 11.4 Å². The van der Waals surface area contributed by atoms with Crippen molar-refractivity contribution in [2.24, 2.45) is 5.10 Å². The number of nitrogens with one attached hydrogen (secondary N) is 2. The summed E-state index contributed by atoms with van der Waals surface area (Å²) in [5.74, 6) is -0.334. The molecule has 0 saturated heterocycles. The molecule has 0 radical (unpaired) electrons. The van der Waals surface area contributed by atoms with Crippen LogP contribution in [-0.4, -0.2) is 21.8 Å². The molecule has 4 aromatic carbocycles. The lowest BCUT2D eigenvalue weighted by molar-refractivity contribution is 0.0950. The second-order valence-corrected chi connectivity index (χ2v) is 7.39. The van der Waals surface area contributed by atoms with Crippen LogP contribution in [0.15, 0.2) is 96.1 Å². The number of H-pyrrole nitrogens is 1. The summed E-state index contributed by atoms with van der Waals surface area (Å²) in [4.78, 5) is 12.6. The van der Waals surface area contributed by atoms with Gasteiger partial charge in [0.1, 0.15) is 5.69 Å². The van der Waals surface area contributed by atoms with E-state index in [1.807, 2.05) is 49.4 Å². The topological polar surface area (TPSA) is 70.1 Å². The third-order valence-corrected chi connectivity index (χ3v) is 5.38. The van der Waals surface area contributed by atoms with E-state index in [1.54, 1.807) is 6.07 Å². The molecule has 0 spiro atoms. The van der Waals surface area contributed by atoms with E-state index in [0.717, 1.165) is 38.7 Å². The lowest BCUT2D eigenvalue weighted by atomic mass is 10.0. The van der Waals surface area contributed by atoms with E-state index in [9.17, 15) is 4.79 Å². The molecule has 0 saturated carbocycles. The number of benzene rings is 4. The predicted molar refractivity (Wildman–Crippen MR) is 125 cm³/mol. The molecule has 0 aliphatic rings. The Morgan fingerprint density at radius 3 is 2.45 bits per heavy atom. The fourth-order valence-corrected chi connectivity index (χ4v) is 3.70. The second kappa shape index (κ2) is 7.88. The van der Waals surface area contributed by atoms with E-state index < -0.39 is 0 Å². The smallest absolute Gasteiger partial charge is 0.272 e. The van der Waals surface area contributed by atoms with Crippen molar-refractivity contribution in [1.82, 2.24) is 15.6 Å². The number of nitrogens with zero attached hydrogens (tertiary/aromatic N) is 2. The summed E-state index contributed by atoms with van der Waals surface area (Å²) in [6.45, 7) is 1.87. The Labute approximate surface area is 179 Å². The Hall–Kier alpha value is -4.25. The highest BCUT2D eigenvalue weighted by Gasteiger charge is 2.12. The van der Waals surface area contributed by atoms with Crippen LogP contribution in [0.5, 0.6) is 0 Å². The zero-order valence-corrected chi connectivity index (χ0v) is 17.0. The van der Waals surface area contributed by atoms with Gasteiger partial charge in [-0.25, -0.2) is 5.43 Å². The summed E-state index contributed by atoms with van der Waals surface area (Å²) in [5, 5.41) is 16.0. The molecular formula is C26H20N4O. The maximum atomic E-state index is 12.6. The average molecular weight is 404 g/mol. The first kappa shape index (κ1) is 18.8. The molecule has 1 heterocycles. The van der Waals surface area contributed by atoms with Crippen molar-refractivity contribution in [3.63, 3.8) is 0 Å².